The van der Waals surface area contributed by atoms with Gasteiger partial charge in [-0.1, -0.05) is 66.4 Å². The van der Waals surface area contributed by atoms with Gasteiger partial charge in [0.05, 0.1) is 17.1 Å². The lowest BCUT2D eigenvalue weighted by Gasteiger charge is -2.29. The molecule has 0 aliphatic carbocycles. The minimum Gasteiger partial charge on any atom is -0.481 e. The smallest absolute Gasteiger partial charge is 0.303 e. The number of rotatable bonds is 9. The van der Waals surface area contributed by atoms with E-state index in [1.165, 1.54) is 0 Å². The van der Waals surface area contributed by atoms with Crippen molar-refractivity contribution < 1.29 is 14.7 Å². The van der Waals surface area contributed by atoms with E-state index in [0.717, 1.165) is 53.0 Å². The molecule has 1 aromatic heterocycles. The summed E-state index contributed by atoms with van der Waals surface area (Å²) < 4.78 is 0. The van der Waals surface area contributed by atoms with Crippen LogP contribution in [0, 0.1) is 6.92 Å². The summed E-state index contributed by atoms with van der Waals surface area (Å²) in [6.45, 7) is 2.60. The van der Waals surface area contributed by atoms with Crippen LogP contribution < -0.4 is 4.90 Å². The first-order valence-corrected chi connectivity index (χ1v) is 12.1. The largest absolute Gasteiger partial charge is 0.481 e. The van der Waals surface area contributed by atoms with Crippen molar-refractivity contribution >= 4 is 29.3 Å². The number of carbonyl (C=O) groups is 2. The quantitative estimate of drug-likeness (QED) is 0.377. The van der Waals surface area contributed by atoms with Gasteiger partial charge in [0.15, 0.2) is 5.82 Å². The summed E-state index contributed by atoms with van der Waals surface area (Å²) in [6, 6.07) is 15.7. The molecule has 1 N–H and O–H groups in total. The van der Waals surface area contributed by atoms with E-state index in [1.807, 2.05) is 55.5 Å². The summed E-state index contributed by atoms with van der Waals surface area (Å²) in [5, 5.41) is 9.46. The number of hydrogen-bond donors (Lipinski definition) is 1. The fourth-order valence-corrected chi connectivity index (χ4v) is 4.30. The number of carboxylic acids is 1. The summed E-state index contributed by atoms with van der Waals surface area (Å²) in [6.07, 6.45) is 4.30. The average Bonchev–Trinajstić information content (AvgIpc) is 2.82. The molecular weight excluding hydrogens is 450 g/mol. The molecule has 2 heterocycles. The Morgan fingerprint density at radius 1 is 0.912 bits per heavy atom. The van der Waals surface area contributed by atoms with Gasteiger partial charge >= 0.3 is 5.97 Å². The number of anilines is 1. The van der Waals surface area contributed by atoms with E-state index in [0.29, 0.717) is 36.6 Å². The Bertz CT molecular complexity index is 1180. The van der Waals surface area contributed by atoms with Crippen molar-refractivity contribution in [1.29, 1.82) is 0 Å². The van der Waals surface area contributed by atoms with Crippen LogP contribution in [0.3, 0.4) is 0 Å². The van der Waals surface area contributed by atoms with Crippen molar-refractivity contribution in [2.24, 2.45) is 0 Å². The number of aliphatic carboxylic acids is 1. The first-order chi connectivity index (χ1) is 16.4. The third-order valence-electron chi connectivity index (χ3n) is 6.04. The van der Waals surface area contributed by atoms with Gasteiger partial charge in [-0.25, -0.2) is 9.97 Å². The van der Waals surface area contributed by atoms with Crippen LogP contribution in [0.2, 0.25) is 5.02 Å². The van der Waals surface area contributed by atoms with Crippen molar-refractivity contribution in [3.63, 3.8) is 0 Å². The van der Waals surface area contributed by atoms with Crippen molar-refractivity contribution in [2.75, 3.05) is 11.4 Å². The zero-order valence-electron chi connectivity index (χ0n) is 19.3. The first-order valence-electron chi connectivity index (χ1n) is 11.7. The molecule has 1 amide bonds. The molecule has 0 saturated carbocycles. The van der Waals surface area contributed by atoms with Gasteiger partial charge in [-0.15, -0.1) is 0 Å². The molecule has 6 nitrogen and oxygen atoms in total. The number of carboxylic acid groups (broad SMARTS) is 1. The maximum absolute atomic E-state index is 12.8. The van der Waals surface area contributed by atoms with E-state index in [9.17, 15) is 9.59 Å². The molecule has 34 heavy (non-hydrogen) atoms. The molecule has 0 radical (unpaired) electrons. The molecule has 0 atom stereocenters. The topological polar surface area (TPSA) is 83.4 Å². The van der Waals surface area contributed by atoms with E-state index in [1.54, 1.807) is 4.90 Å². The Labute approximate surface area is 204 Å². The summed E-state index contributed by atoms with van der Waals surface area (Å²) in [5.41, 5.74) is 5.37. The monoisotopic (exact) mass is 477 g/mol. The molecule has 4 rings (SSSR count). The fourth-order valence-electron chi connectivity index (χ4n) is 4.18. The Balaban J connectivity index is 1.66. The summed E-state index contributed by atoms with van der Waals surface area (Å²) in [5.74, 6) is -0.0768. The van der Waals surface area contributed by atoms with Crippen LogP contribution in [0.15, 0.2) is 48.5 Å². The second-order valence-corrected chi connectivity index (χ2v) is 9.10. The van der Waals surface area contributed by atoms with Crippen LogP contribution in [0.25, 0.3) is 22.5 Å². The van der Waals surface area contributed by atoms with E-state index in [-0.39, 0.29) is 12.3 Å². The Hall–Kier alpha value is -3.25. The van der Waals surface area contributed by atoms with Gasteiger partial charge in [-0.05, 0) is 31.9 Å². The summed E-state index contributed by atoms with van der Waals surface area (Å²) in [7, 11) is 0. The number of unbranched alkanes of at least 4 members (excludes halogenated alkanes) is 3. The first kappa shape index (κ1) is 23.9. The number of halogens is 1. The normalized spacial score (nSPS) is 13.1. The summed E-state index contributed by atoms with van der Waals surface area (Å²) >= 11 is 6.11. The highest BCUT2D eigenvalue weighted by Crippen LogP contribution is 2.35. The zero-order valence-corrected chi connectivity index (χ0v) is 20.0. The van der Waals surface area contributed by atoms with E-state index in [2.05, 4.69) is 0 Å². The van der Waals surface area contributed by atoms with Gasteiger partial charge in [0.25, 0.3) is 0 Å². The number of aryl methyl sites for hydroxylation is 2. The maximum atomic E-state index is 12.8. The van der Waals surface area contributed by atoms with Crippen LogP contribution in [0.4, 0.5) is 5.82 Å². The second kappa shape index (κ2) is 10.8. The maximum Gasteiger partial charge on any atom is 0.303 e. The van der Waals surface area contributed by atoms with Crippen molar-refractivity contribution in [2.45, 2.75) is 51.9 Å². The Morgan fingerprint density at radius 3 is 2.21 bits per heavy atom. The van der Waals surface area contributed by atoms with Crippen LogP contribution in [0.1, 0.15) is 49.8 Å². The number of carbonyl (C=O) groups excluding carboxylic acids is 1. The van der Waals surface area contributed by atoms with Gasteiger partial charge in [0.2, 0.25) is 5.91 Å². The molecule has 0 unspecified atom stereocenters. The molecule has 0 spiro atoms. The number of hydrogen-bond acceptors (Lipinski definition) is 4. The van der Waals surface area contributed by atoms with Gasteiger partial charge in [-0.2, -0.15) is 0 Å². The lowest BCUT2D eigenvalue weighted by Crippen LogP contribution is -2.37. The molecule has 7 heteroatoms. The SMILES string of the molecule is Cc1ccc(-c2nc3c(nc2-c2ccc(Cl)cc2)CCC(=O)N3CCCCCCC(=O)O)cc1. The molecule has 0 bridgehead atoms. The second-order valence-electron chi connectivity index (χ2n) is 8.67. The fraction of sp³-hybridized carbons (Fsp3) is 0.333. The van der Waals surface area contributed by atoms with Crippen LogP contribution in [-0.4, -0.2) is 33.5 Å². The average molecular weight is 478 g/mol. The standard InChI is InChI=1S/C27H28ClN3O3/c1-18-7-9-19(10-8-18)26-25(20-11-13-21(28)14-12-20)29-22-15-16-23(32)31(27(22)30-26)17-5-3-2-4-6-24(33)34/h7-14H,2-6,15-17H2,1H3,(H,33,34). The highest BCUT2D eigenvalue weighted by atomic mass is 35.5. The number of benzene rings is 2. The van der Waals surface area contributed by atoms with Crippen LogP contribution in [0.5, 0.6) is 0 Å². The third kappa shape index (κ3) is 5.62. The van der Waals surface area contributed by atoms with E-state index < -0.39 is 5.97 Å². The molecule has 0 saturated heterocycles. The predicted octanol–water partition coefficient (Wildman–Crippen LogP) is 6.09. The predicted molar refractivity (Wildman–Crippen MR) is 134 cm³/mol. The van der Waals surface area contributed by atoms with Gasteiger partial charge in [0, 0.05) is 42.0 Å². The highest BCUT2D eigenvalue weighted by Gasteiger charge is 2.28. The minimum absolute atomic E-state index is 0.0569. The number of fused-ring (bicyclic) bond motifs is 1. The van der Waals surface area contributed by atoms with E-state index in [4.69, 9.17) is 26.7 Å². The number of aromatic nitrogens is 2. The zero-order chi connectivity index (χ0) is 24.1. The van der Waals surface area contributed by atoms with E-state index >= 15 is 0 Å². The summed E-state index contributed by atoms with van der Waals surface area (Å²) in [4.78, 5) is 35.3. The molecule has 176 valence electrons. The molecule has 1 aliphatic rings. The molecule has 1 aliphatic heterocycles. The van der Waals surface area contributed by atoms with Crippen molar-refractivity contribution in [3.8, 4) is 22.5 Å². The Kier molecular flexibility index (Phi) is 7.58. The van der Waals surface area contributed by atoms with Crippen LogP contribution in [-0.2, 0) is 16.0 Å². The molecular formula is C27H28ClN3O3. The van der Waals surface area contributed by atoms with Crippen molar-refractivity contribution in [3.05, 3.63) is 64.8 Å². The third-order valence-corrected chi connectivity index (χ3v) is 6.30. The highest BCUT2D eigenvalue weighted by molar-refractivity contribution is 6.30. The van der Waals surface area contributed by atoms with Gasteiger partial charge in [-0.3, -0.25) is 14.5 Å². The van der Waals surface area contributed by atoms with Crippen molar-refractivity contribution in [1.82, 2.24) is 9.97 Å². The Morgan fingerprint density at radius 2 is 1.53 bits per heavy atom. The molecule has 0 fully saturated rings. The van der Waals surface area contributed by atoms with Gasteiger partial charge in [0.1, 0.15) is 0 Å². The lowest BCUT2D eigenvalue weighted by atomic mass is 10.0. The lowest BCUT2D eigenvalue weighted by molar-refractivity contribution is -0.137. The number of nitrogens with zero attached hydrogens (tertiary/aromatic N) is 3. The minimum atomic E-state index is -0.768. The van der Waals surface area contributed by atoms with Crippen LogP contribution >= 0.6 is 11.6 Å². The van der Waals surface area contributed by atoms with Gasteiger partial charge < -0.3 is 5.11 Å². The molecule has 2 aromatic carbocycles. The number of amides is 1. The molecule has 3 aromatic rings.